The molecule has 0 saturated heterocycles. The van der Waals surface area contributed by atoms with Crippen molar-refractivity contribution in [2.75, 3.05) is 6.54 Å². The van der Waals surface area contributed by atoms with Crippen LogP contribution in [0.4, 0.5) is 0 Å². The largest absolute Gasteiger partial charge is 0.387 e. The minimum Gasteiger partial charge on any atom is -0.387 e. The fourth-order valence-electron chi connectivity index (χ4n) is 3.65. The summed E-state index contributed by atoms with van der Waals surface area (Å²) in [5, 5.41) is 14.6. The molecular weight excluding hydrogens is 350 g/mol. The van der Waals surface area contributed by atoms with Crippen molar-refractivity contribution in [2.45, 2.75) is 39.0 Å². The van der Waals surface area contributed by atoms with Gasteiger partial charge in [0.1, 0.15) is 0 Å². The molecule has 0 unspecified atom stereocenters. The SMILES string of the molecule is CC[C@H](O)c1cc2n(n1)CCCN(C(=O)c1ccc(-c3ccccc3)cc1)C2. The molecule has 1 atom stereocenters. The van der Waals surface area contributed by atoms with Gasteiger partial charge in [-0.2, -0.15) is 5.10 Å². The fourth-order valence-corrected chi connectivity index (χ4v) is 3.65. The van der Waals surface area contributed by atoms with Crippen molar-refractivity contribution < 1.29 is 9.90 Å². The summed E-state index contributed by atoms with van der Waals surface area (Å²) in [6, 6.07) is 19.9. The number of aromatic nitrogens is 2. The molecule has 1 amide bonds. The van der Waals surface area contributed by atoms with E-state index >= 15 is 0 Å². The fraction of sp³-hybridized carbons (Fsp3) is 0.304. The molecule has 144 valence electrons. The molecule has 2 aromatic carbocycles. The molecule has 0 fully saturated rings. The molecule has 28 heavy (non-hydrogen) atoms. The number of benzene rings is 2. The number of hydrogen-bond donors (Lipinski definition) is 1. The monoisotopic (exact) mass is 375 g/mol. The number of aliphatic hydroxyl groups excluding tert-OH is 1. The number of carbonyl (C=O) groups excluding carboxylic acids is 1. The van der Waals surface area contributed by atoms with E-state index in [0.29, 0.717) is 30.8 Å². The summed E-state index contributed by atoms with van der Waals surface area (Å²) in [5.41, 5.74) is 4.61. The zero-order valence-electron chi connectivity index (χ0n) is 16.1. The number of amides is 1. The molecule has 3 aromatic rings. The molecule has 0 aliphatic carbocycles. The van der Waals surface area contributed by atoms with Gasteiger partial charge in [0.05, 0.1) is 24.0 Å². The number of aryl methyl sites for hydroxylation is 1. The average molecular weight is 375 g/mol. The molecule has 0 spiro atoms. The van der Waals surface area contributed by atoms with Gasteiger partial charge in [-0.1, -0.05) is 49.4 Å². The first-order chi connectivity index (χ1) is 13.7. The summed E-state index contributed by atoms with van der Waals surface area (Å²) in [4.78, 5) is 14.9. The molecule has 0 saturated carbocycles. The third-order valence-corrected chi connectivity index (χ3v) is 5.29. The Bertz CT molecular complexity index is 948. The maximum absolute atomic E-state index is 13.1. The number of nitrogens with zero attached hydrogens (tertiary/aromatic N) is 3. The molecule has 5 heteroatoms. The van der Waals surface area contributed by atoms with Crippen LogP contribution in [0.1, 0.15) is 47.6 Å². The van der Waals surface area contributed by atoms with Crippen LogP contribution < -0.4 is 0 Å². The lowest BCUT2D eigenvalue weighted by Gasteiger charge is -2.20. The highest BCUT2D eigenvalue weighted by Gasteiger charge is 2.23. The summed E-state index contributed by atoms with van der Waals surface area (Å²) < 4.78 is 1.93. The predicted molar refractivity (Wildman–Crippen MR) is 109 cm³/mol. The van der Waals surface area contributed by atoms with Crippen LogP contribution in [-0.2, 0) is 13.1 Å². The van der Waals surface area contributed by atoms with Gasteiger partial charge in [-0.05, 0) is 42.2 Å². The van der Waals surface area contributed by atoms with E-state index in [9.17, 15) is 9.90 Å². The molecule has 1 aromatic heterocycles. The Hall–Kier alpha value is -2.92. The van der Waals surface area contributed by atoms with Crippen LogP contribution in [-0.4, -0.2) is 32.2 Å². The first-order valence-electron chi connectivity index (χ1n) is 9.85. The van der Waals surface area contributed by atoms with Gasteiger partial charge in [-0.25, -0.2) is 0 Å². The normalized spacial score (nSPS) is 15.0. The highest BCUT2D eigenvalue weighted by molar-refractivity contribution is 5.94. The van der Waals surface area contributed by atoms with E-state index in [1.165, 1.54) is 0 Å². The Morgan fingerprint density at radius 1 is 1.07 bits per heavy atom. The number of carbonyl (C=O) groups is 1. The third kappa shape index (κ3) is 3.71. The molecule has 0 bridgehead atoms. The van der Waals surface area contributed by atoms with E-state index in [2.05, 4.69) is 17.2 Å². The predicted octanol–water partition coefficient (Wildman–Crippen LogP) is 4.04. The zero-order valence-corrected chi connectivity index (χ0v) is 16.1. The van der Waals surface area contributed by atoms with Crippen molar-refractivity contribution in [3.63, 3.8) is 0 Å². The molecule has 1 N–H and O–H groups in total. The van der Waals surface area contributed by atoms with E-state index in [-0.39, 0.29) is 5.91 Å². The van der Waals surface area contributed by atoms with E-state index in [4.69, 9.17) is 0 Å². The van der Waals surface area contributed by atoms with Gasteiger partial charge >= 0.3 is 0 Å². The number of rotatable bonds is 4. The standard InChI is InChI=1S/C23H25N3O2/c1-2-22(27)21-15-20-16-25(13-6-14-26(20)24-21)23(28)19-11-9-18(10-12-19)17-7-4-3-5-8-17/h3-5,7-12,15,22,27H,2,6,13-14,16H2,1H3/t22-/m0/s1. The molecule has 0 radical (unpaired) electrons. The van der Waals surface area contributed by atoms with Crippen molar-refractivity contribution in [2.24, 2.45) is 0 Å². The number of aliphatic hydroxyl groups is 1. The van der Waals surface area contributed by atoms with Crippen LogP contribution in [0.5, 0.6) is 0 Å². The van der Waals surface area contributed by atoms with Gasteiger partial charge < -0.3 is 10.0 Å². The summed E-state index contributed by atoms with van der Waals surface area (Å²) in [6.45, 7) is 3.92. The summed E-state index contributed by atoms with van der Waals surface area (Å²) in [6.07, 6.45) is 0.936. The van der Waals surface area contributed by atoms with Gasteiger partial charge in [0.25, 0.3) is 5.91 Å². The third-order valence-electron chi connectivity index (χ3n) is 5.29. The summed E-state index contributed by atoms with van der Waals surface area (Å²) in [5.74, 6) is 0.0341. The Labute approximate surface area is 165 Å². The highest BCUT2D eigenvalue weighted by Crippen LogP contribution is 2.23. The van der Waals surface area contributed by atoms with Gasteiger partial charge in [0, 0.05) is 18.7 Å². The van der Waals surface area contributed by atoms with Crippen molar-refractivity contribution >= 4 is 5.91 Å². The first kappa shape index (κ1) is 18.4. The van der Waals surface area contributed by atoms with Crippen LogP contribution in [0.3, 0.4) is 0 Å². The number of hydrogen-bond acceptors (Lipinski definition) is 3. The topological polar surface area (TPSA) is 58.4 Å². The number of fused-ring (bicyclic) bond motifs is 1. The summed E-state index contributed by atoms with van der Waals surface area (Å²) >= 11 is 0. The molecule has 5 nitrogen and oxygen atoms in total. The summed E-state index contributed by atoms with van der Waals surface area (Å²) in [7, 11) is 0. The molecule has 1 aliphatic heterocycles. The second-order valence-corrected chi connectivity index (χ2v) is 7.23. The van der Waals surface area contributed by atoms with Crippen LogP contribution >= 0.6 is 0 Å². The van der Waals surface area contributed by atoms with Crippen LogP contribution in [0.15, 0.2) is 60.7 Å². The van der Waals surface area contributed by atoms with Gasteiger partial charge in [-0.3, -0.25) is 9.48 Å². The van der Waals surface area contributed by atoms with E-state index in [1.807, 2.05) is 65.0 Å². The second kappa shape index (κ2) is 7.98. The minimum absolute atomic E-state index is 0.0341. The second-order valence-electron chi connectivity index (χ2n) is 7.23. The Morgan fingerprint density at radius 3 is 2.50 bits per heavy atom. The van der Waals surface area contributed by atoms with Gasteiger partial charge in [0.15, 0.2) is 0 Å². The molecule has 2 heterocycles. The maximum atomic E-state index is 13.1. The van der Waals surface area contributed by atoms with Crippen LogP contribution in [0, 0.1) is 0 Å². The minimum atomic E-state index is -0.547. The highest BCUT2D eigenvalue weighted by atomic mass is 16.3. The lowest BCUT2D eigenvalue weighted by atomic mass is 10.0. The Balaban J connectivity index is 1.52. The van der Waals surface area contributed by atoms with Crippen LogP contribution in [0.25, 0.3) is 11.1 Å². The smallest absolute Gasteiger partial charge is 0.254 e. The van der Waals surface area contributed by atoms with E-state index in [1.54, 1.807) is 0 Å². The average Bonchev–Trinajstić information content (AvgIpc) is 3.05. The van der Waals surface area contributed by atoms with Crippen molar-refractivity contribution in [1.82, 2.24) is 14.7 Å². The quantitative estimate of drug-likeness (QED) is 0.749. The molecule has 1 aliphatic rings. The van der Waals surface area contributed by atoms with Gasteiger partial charge in [0.2, 0.25) is 0 Å². The lowest BCUT2D eigenvalue weighted by Crippen LogP contribution is -2.30. The molecular formula is C23H25N3O2. The van der Waals surface area contributed by atoms with Crippen molar-refractivity contribution in [1.29, 1.82) is 0 Å². The molecule has 4 rings (SSSR count). The van der Waals surface area contributed by atoms with Crippen molar-refractivity contribution in [3.8, 4) is 11.1 Å². The van der Waals surface area contributed by atoms with E-state index < -0.39 is 6.10 Å². The van der Waals surface area contributed by atoms with Crippen molar-refractivity contribution in [3.05, 3.63) is 77.6 Å². The lowest BCUT2D eigenvalue weighted by molar-refractivity contribution is 0.0745. The Morgan fingerprint density at radius 2 is 1.79 bits per heavy atom. The Kier molecular flexibility index (Phi) is 5.26. The van der Waals surface area contributed by atoms with Crippen LogP contribution in [0.2, 0.25) is 0 Å². The first-order valence-corrected chi connectivity index (χ1v) is 9.85. The van der Waals surface area contributed by atoms with Gasteiger partial charge in [-0.15, -0.1) is 0 Å². The van der Waals surface area contributed by atoms with E-state index in [0.717, 1.165) is 29.8 Å². The maximum Gasteiger partial charge on any atom is 0.254 e. The zero-order chi connectivity index (χ0) is 19.5.